The van der Waals surface area contributed by atoms with Gasteiger partial charge in [-0.2, -0.15) is 0 Å². The standard InChI is InChI=1S/C21H23N3O5/c1-4-29-21(27)16-12-23-18-14(10-9-13(2)24(18)19(16)25)11-22-17-8-6-5-7-15(17)20(26)28-3/h5-8,11-13,22H,4,9-10H2,1-3H3/b14-11-. The van der Waals surface area contributed by atoms with E-state index in [1.54, 1.807) is 37.4 Å². The van der Waals surface area contributed by atoms with Crippen LogP contribution in [0.4, 0.5) is 5.69 Å². The summed E-state index contributed by atoms with van der Waals surface area (Å²) < 4.78 is 11.3. The van der Waals surface area contributed by atoms with Crippen molar-refractivity contribution in [2.45, 2.75) is 32.7 Å². The Morgan fingerprint density at radius 2 is 2.03 bits per heavy atom. The van der Waals surface area contributed by atoms with Crippen molar-refractivity contribution in [1.29, 1.82) is 0 Å². The maximum absolute atomic E-state index is 12.9. The molecule has 1 N–H and O–H groups in total. The lowest BCUT2D eigenvalue weighted by Crippen LogP contribution is -2.34. The van der Waals surface area contributed by atoms with Crippen molar-refractivity contribution < 1.29 is 19.1 Å². The summed E-state index contributed by atoms with van der Waals surface area (Å²) in [4.78, 5) is 41.2. The number of fused-ring (bicyclic) bond motifs is 1. The third-order valence-electron chi connectivity index (χ3n) is 4.78. The number of para-hydroxylation sites is 1. The molecule has 1 aliphatic rings. The molecule has 0 radical (unpaired) electrons. The minimum atomic E-state index is -0.672. The van der Waals surface area contributed by atoms with E-state index in [9.17, 15) is 14.4 Å². The van der Waals surface area contributed by atoms with E-state index in [0.29, 0.717) is 29.9 Å². The van der Waals surface area contributed by atoms with Crippen molar-refractivity contribution in [3.63, 3.8) is 0 Å². The van der Waals surface area contributed by atoms with Crippen molar-refractivity contribution in [2.75, 3.05) is 19.0 Å². The van der Waals surface area contributed by atoms with Crippen LogP contribution in [0.5, 0.6) is 0 Å². The minimum Gasteiger partial charge on any atom is -0.465 e. The van der Waals surface area contributed by atoms with Crippen molar-refractivity contribution in [1.82, 2.24) is 9.55 Å². The van der Waals surface area contributed by atoms with Crippen LogP contribution in [-0.4, -0.2) is 35.2 Å². The number of anilines is 1. The Morgan fingerprint density at radius 1 is 1.28 bits per heavy atom. The number of carbonyl (C=O) groups is 2. The van der Waals surface area contributed by atoms with E-state index >= 15 is 0 Å². The Morgan fingerprint density at radius 3 is 2.76 bits per heavy atom. The van der Waals surface area contributed by atoms with Gasteiger partial charge in [0.15, 0.2) is 0 Å². The van der Waals surface area contributed by atoms with Crippen LogP contribution in [0.15, 0.2) is 41.5 Å². The van der Waals surface area contributed by atoms with Crippen LogP contribution in [0.1, 0.15) is 59.3 Å². The molecule has 1 aromatic carbocycles. The highest BCUT2D eigenvalue weighted by molar-refractivity contribution is 5.96. The monoisotopic (exact) mass is 397 g/mol. The number of hydrogen-bond donors (Lipinski definition) is 1. The van der Waals surface area contributed by atoms with Crippen molar-refractivity contribution >= 4 is 23.2 Å². The van der Waals surface area contributed by atoms with Crippen LogP contribution in [0.3, 0.4) is 0 Å². The van der Waals surface area contributed by atoms with Gasteiger partial charge in [-0.25, -0.2) is 14.6 Å². The molecule has 29 heavy (non-hydrogen) atoms. The van der Waals surface area contributed by atoms with Gasteiger partial charge in [0.05, 0.1) is 25.0 Å². The smallest absolute Gasteiger partial charge is 0.345 e. The van der Waals surface area contributed by atoms with Gasteiger partial charge >= 0.3 is 11.9 Å². The first-order valence-corrected chi connectivity index (χ1v) is 9.39. The molecule has 0 saturated carbocycles. The SMILES string of the molecule is CCOC(=O)c1cnc2n(c1=O)C(C)CC/C2=C/Nc1ccccc1C(=O)OC. The molecular weight excluding hydrogens is 374 g/mol. The third-order valence-corrected chi connectivity index (χ3v) is 4.78. The first-order chi connectivity index (χ1) is 14.0. The molecule has 0 fully saturated rings. The molecule has 2 aromatic rings. The highest BCUT2D eigenvalue weighted by Gasteiger charge is 2.26. The molecule has 1 unspecified atom stereocenters. The Hall–Kier alpha value is -3.42. The predicted molar refractivity (Wildman–Crippen MR) is 108 cm³/mol. The molecule has 8 nitrogen and oxygen atoms in total. The molecule has 3 rings (SSSR count). The summed E-state index contributed by atoms with van der Waals surface area (Å²) in [6.07, 6.45) is 4.41. The number of benzene rings is 1. The second kappa shape index (κ2) is 8.72. The summed E-state index contributed by atoms with van der Waals surface area (Å²) in [6, 6.07) is 6.88. The summed E-state index contributed by atoms with van der Waals surface area (Å²) >= 11 is 0. The number of esters is 2. The fraction of sp³-hybridized carbons (Fsp3) is 0.333. The zero-order valence-corrected chi connectivity index (χ0v) is 16.6. The Kier molecular flexibility index (Phi) is 6.11. The van der Waals surface area contributed by atoms with Crippen LogP contribution < -0.4 is 10.9 Å². The summed E-state index contributed by atoms with van der Waals surface area (Å²) in [7, 11) is 1.33. The largest absolute Gasteiger partial charge is 0.465 e. The Labute approximate surface area is 168 Å². The molecular formula is C21H23N3O5. The van der Waals surface area contributed by atoms with Gasteiger partial charge in [0.2, 0.25) is 0 Å². The van der Waals surface area contributed by atoms with Gasteiger partial charge < -0.3 is 14.8 Å². The van der Waals surface area contributed by atoms with Crippen molar-refractivity contribution in [3.8, 4) is 0 Å². The van der Waals surface area contributed by atoms with Crippen molar-refractivity contribution in [2.24, 2.45) is 0 Å². The molecule has 0 aliphatic carbocycles. The molecule has 1 aromatic heterocycles. The second-order valence-electron chi connectivity index (χ2n) is 6.63. The lowest BCUT2D eigenvalue weighted by Gasteiger charge is -2.26. The number of nitrogens with zero attached hydrogens (tertiary/aromatic N) is 2. The van der Waals surface area contributed by atoms with Crippen LogP contribution in [0.25, 0.3) is 5.57 Å². The maximum Gasteiger partial charge on any atom is 0.345 e. The molecule has 0 amide bonds. The van der Waals surface area contributed by atoms with Gasteiger partial charge in [-0.15, -0.1) is 0 Å². The number of rotatable bonds is 5. The lowest BCUT2D eigenvalue weighted by atomic mass is 10.0. The highest BCUT2D eigenvalue weighted by atomic mass is 16.5. The van der Waals surface area contributed by atoms with Gasteiger partial charge in [-0.3, -0.25) is 9.36 Å². The van der Waals surface area contributed by atoms with Gasteiger partial charge in [0, 0.05) is 24.0 Å². The fourth-order valence-corrected chi connectivity index (χ4v) is 3.27. The molecule has 1 aliphatic heterocycles. The fourth-order valence-electron chi connectivity index (χ4n) is 3.27. The topological polar surface area (TPSA) is 99.5 Å². The third kappa shape index (κ3) is 4.06. The summed E-state index contributed by atoms with van der Waals surface area (Å²) in [5.41, 5.74) is 1.30. The predicted octanol–water partition coefficient (Wildman–Crippen LogP) is 3.01. The molecule has 8 heteroatoms. The molecule has 2 heterocycles. The van der Waals surface area contributed by atoms with Crippen molar-refractivity contribution in [3.05, 3.63) is 64.0 Å². The number of nitrogens with one attached hydrogen (secondary N) is 1. The highest BCUT2D eigenvalue weighted by Crippen LogP contribution is 2.30. The normalized spacial score (nSPS) is 16.8. The van der Waals surface area contributed by atoms with E-state index in [4.69, 9.17) is 9.47 Å². The van der Waals surface area contributed by atoms with Gasteiger partial charge in [-0.05, 0) is 38.8 Å². The van der Waals surface area contributed by atoms with Crippen LogP contribution in [0, 0.1) is 0 Å². The van der Waals surface area contributed by atoms with Gasteiger partial charge in [0.1, 0.15) is 11.4 Å². The molecule has 0 spiro atoms. The summed E-state index contributed by atoms with van der Waals surface area (Å²) in [5.74, 6) is -0.629. The number of allylic oxidation sites excluding steroid dienone is 1. The zero-order valence-electron chi connectivity index (χ0n) is 16.6. The van der Waals surface area contributed by atoms with Gasteiger partial charge in [0.25, 0.3) is 5.56 Å². The quantitative estimate of drug-likeness (QED) is 0.774. The maximum atomic E-state index is 12.9. The van der Waals surface area contributed by atoms with E-state index in [1.807, 2.05) is 6.92 Å². The Balaban J connectivity index is 1.98. The van der Waals surface area contributed by atoms with Crippen LogP contribution >= 0.6 is 0 Å². The summed E-state index contributed by atoms with van der Waals surface area (Å²) in [6.45, 7) is 3.78. The first-order valence-electron chi connectivity index (χ1n) is 9.39. The zero-order chi connectivity index (χ0) is 21.0. The number of aromatic nitrogens is 2. The lowest BCUT2D eigenvalue weighted by molar-refractivity contribution is 0.0521. The average Bonchev–Trinajstić information content (AvgIpc) is 2.73. The first kappa shape index (κ1) is 20.3. The molecule has 0 bridgehead atoms. The average molecular weight is 397 g/mol. The number of carbonyl (C=O) groups excluding carboxylic acids is 2. The van der Waals surface area contributed by atoms with E-state index in [0.717, 1.165) is 5.57 Å². The van der Waals surface area contributed by atoms with Gasteiger partial charge in [-0.1, -0.05) is 12.1 Å². The van der Waals surface area contributed by atoms with E-state index in [2.05, 4.69) is 10.3 Å². The molecule has 152 valence electrons. The van der Waals surface area contributed by atoms with E-state index in [1.165, 1.54) is 17.9 Å². The number of ether oxygens (including phenoxy) is 2. The van der Waals surface area contributed by atoms with Crippen LogP contribution in [0.2, 0.25) is 0 Å². The molecule has 0 saturated heterocycles. The Bertz CT molecular complexity index is 1030. The van der Waals surface area contributed by atoms with E-state index < -0.39 is 17.5 Å². The second-order valence-corrected chi connectivity index (χ2v) is 6.63. The number of methoxy groups -OCH3 is 1. The van der Waals surface area contributed by atoms with Crippen LogP contribution in [-0.2, 0) is 9.47 Å². The minimum absolute atomic E-state index is 0.0762. The number of hydrogen-bond acceptors (Lipinski definition) is 7. The van der Waals surface area contributed by atoms with E-state index in [-0.39, 0.29) is 18.2 Å². The summed E-state index contributed by atoms with van der Waals surface area (Å²) in [5, 5.41) is 3.12. The molecule has 1 atom stereocenters.